The van der Waals surface area contributed by atoms with Gasteiger partial charge in [-0.25, -0.2) is 18.0 Å². The maximum Gasteiger partial charge on any atom is 0.410 e. The highest BCUT2D eigenvalue weighted by Crippen LogP contribution is 2.26. The van der Waals surface area contributed by atoms with Crippen LogP contribution in [-0.2, 0) is 11.3 Å². The van der Waals surface area contributed by atoms with E-state index in [1.807, 2.05) is 0 Å². The van der Waals surface area contributed by atoms with Gasteiger partial charge in [0.05, 0.1) is 24.1 Å². The minimum Gasteiger partial charge on any atom is -0.462 e. The molecule has 0 aliphatic carbocycles. The second-order valence-corrected chi connectivity index (χ2v) is 7.06. The standard InChI is InChI=1S/C22H16F6N2O4/c1-2-34-21(33)13-9-30(18-12(19(13)31)8-14(23)16(24)17(18)25)10-15(22(26,27)28)29-20(32)11-6-4-3-5-7-11/h3-9,15H,2,10H2,1H3,(H,29,32). The predicted molar refractivity (Wildman–Crippen MR) is 108 cm³/mol. The Labute approximate surface area is 187 Å². The number of rotatable bonds is 6. The molecule has 1 atom stereocenters. The minimum atomic E-state index is -5.08. The van der Waals surface area contributed by atoms with Crippen LogP contribution in [0.3, 0.4) is 0 Å². The zero-order valence-electron chi connectivity index (χ0n) is 17.4. The maximum atomic E-state index is 14.6. The zero-order valence-corrected chi connectivity index (χ0v) is 17.4. The summed E-state index contributed by atoms with van der Waals surface area (Å²) in [5.41, 5.74) is -3.21. The average Bonchev–Trinajstić information content (AvgIpc) is 2.78. The number of benzene rings is 2. The highest BCUT2D eigenvalue weighted by molar-refractivity contribution is 5.95. The molecule has 34 heavy (non-hydrogen) atoms. The molecule has 1 amide bonds. The molecule has 3 aromatic rings. The molecule has 0 aliphatic heterocycles. The van der Waals surface area contributed by atoms with Crippen LogP contribution in [0.4, 0.5) is 26.3 Å². The van der Waals surface area contributed by atoms with Crippen molar-refractivity contribution >= 4 is 22.8 Å². The highest BCUT2D eigenvalue weighted by atomic mass is 19.4. The number of hydrogen-bond donors (Lipinski definition) is 1. The van der Waals surface area contributed by atoms with Gasteiger partial charge in [0.25, 0.3) is 5.91 Å². The van der Waals surface area contributed by atoms with Gasteiger partial charge in [-0.15, -0.1) is 0 Å². The molecule has 1 unspecified atom stereocenters. The fourth-order valence-electron chi connectivity index (χ4n) is 3.22. The molecule has 180 valence electrons. The normalized spacial score (nSPS) is 12.4. The molecule has 0 saturated carbocycles. The number of nitrogens with zero attached hydrogens (tertiary/aromatic N) is 1. The lowest BCUT2D eigenvalue weighted by atomic mass is 10.1. The fraction of sp³-hybridized carbons (Fsp3) is 0.227. The number of halogens is 6. The number of carbonyl (C=O) groups excluding carboxylic acids is 2. The number of carbonyl (C=O) groups is 2. The van der Waals surface area contributed by atoms with E-state index in [4.69, 9.17) is 0 Å². The molecule has 12 heteroatoms. The topological polar surface area (TPSA) is 77.4 Å². The lowest BCUT2D eigenvalue weighted by molar-refractivity contribution is -0.156. The molecular weight excluding hydrogens is 470 g/mol. The molecule has 0 radical (unpaired) electrons. The minimum absolute atomic E-state index is 0.104. The fourth-order valence-corrected chi connectivity index (χ4v) is 3.22. The largest absolute Gasteiger partial charge is 0.462 e. The summed E-state index contributed by atoms with van der Waals surface area (Å²) in [6.07, 6.45) is -4.53. The number of aromatic nitrogens is 1. The molecule has 0 fully saturated rings. The van der Waals surface area contributed by atoms with Gasteiger partial charge in [0, 0.05) is 11.8 Å². The number of ether oxygens (including phenoxy) is 1. The van der Waals surface area contributed by atoms with Crippen molar-refractivity contribution < 1.29 is 40.7 Å². The first-order valence-electron chi connectivity index (χ1n) is 9.76. The lowest BCUT2D eigenvalue weighted by Crippen LogP contribution is -2.48. The van der Waals surface area contributed by atoms with Gasteiger partial charge in [0.15, 0.2) is 17.5 Å². The summed E-state index contributed by atoms with van der Waals surface area (Å²) in [4.78, 5) is 37.1. The Balaban J connectivity index is 2.17. The van der Waals surface area contributed by atoms with Gasteiger partial charge in [-0.05, 0) is 25.1 Å². The molecule has 6 nitrogen and oxygen atoms in total. The number of pyridine rings is 1. The van der Waals surface area contributed by atoms with Crippen LogP contribution in [0.5, 0.6) is 0 Å². The quantitative estimate of drug-likeness (QED) is 0.325. The molecule has 1 heterocycles. The SMILES string of the molecule is CCOC(=O)c1cn(CC(NC(=O)c2ccccc2)C(F)(F)F)c2c(F)c(F)c(F)cc2c1=O. The van der Waals surface area contributed by atoms with Gasteiger partial charge >= 0.3 is 12.1 Å². The van der Waals surface area contributed by atoms with E-state index >= 15 is 0 Å². The molecule has 0 saturated heterocycles. The number of nitrogens with one attached hydrogen (secondary N) is 1. The summed E-state index contributed by atoms with van der Waals surface area (Å²) >= 11 is 0. The van der Waals surface area contributed by atoms with Crippen molar-refractivity contribution in [3.63, 3.8) is 0 Å². The Bertz CT molecular complexity index is 1300. The predicted octanol–water partition coefficient (Wildman–Crippen LogP) is 3.96. The third-order valence-corrected chi connectivity index (χ3v) is 4.81. The van der Waals surface area contributed by atoms with Crippen molar-refractivity contribution in [3.8, 4) is 0 Å². The molecule has 3 rings (SSSR count). The summed E-state index contributed by atoms with van der Waals surface area (Å²) in [5, 5.41) is 0.873. The molecule has 0 aliphatic rings. The van der Waals surface area contributed by atoms with Crippen LogP contribution in [0.25, 0.3) is 10.9 Å². The van der Waals surface area contributed by atoms with Crippen LogP contribution in [0.2, 0.25) is 0 Å². The van der Waals surface area contributed by atoms with Gasteiger partial charge in [-0.2, -0.15) is 13.2 Å². The number of hydrogen-bond acceptors (Lipinski definition) is 4. The second-order valence-electron chi connectivity index (χ2n) is 7.06. The van der Waals surface area contributed by atoms with Gasteiger partial charge in [-0.1, -0.05) is 18.2 Å². The third-order valence-electron chi connectivity index (χ3n) is 4.81. The van der Waals surface area contributed by atoms with Crippen molar-refractivity contribution in [2.45, 2.75) is 25.7 Å². The van der Waals surface area contributed by atoms with Gasteiger partial charge in [-0.3, -0.25) is 9.59 Å². The third kappa shape index (κ3) is 4.90. The molecule has 0 spiro atoms. The Morgan fingerprint density at radius 2 is 1.74 bits per heavy atom. The van der Waals surface area contributed by atoms with E-state index in [9.17, 15) is 40.7 Å². The highest BCUT2D eigenvalue weighted by Gasteiger charge is 2.41. The van der Waals surface area contributed by atoms with Crippen molar-refractivity contribution in [1.29, 1.82) is 0 Å². The molecular formula is C22H16F6N2O4. The van der Waals surface area contributed by atoms with Crippen molar-refractivity contribution in [2.24, 2.45) is 0 Å². The average molecular weight is 486 g/mol. The number of amides is 1. The first-order valence-corrected chi connectivity index (χ1v) is 9.76. The summed E-state index contributed by atoms with van der Waals surface area (Å²) in [7, 11) is 0. The van der Waals surface area contributed by atoms with Crippen LogP contribution in [0.1, 0.15) is 27.6 Å². The molecule has 1 N–H and O–H groups in total. The smallest absolute Gasteiger partial charge is 0.410 e. The molecule has 2 aromatic carbocycles. The van der Waals surface area contributed by atoms with Crippen LogP contribution in [0.15, 0.2) is 47.4 Å². The van der Waals surface area contributed by atoms with E-state index in [0.29, 0.717) is 10.8 Å². The monoisotopic (exact) mass is 486 g/mol. The summed E-state index contributed by atoms with van der Waals surface area (Å²) < 4.78 is 88.7. The van der Waals surface area contributed by atoms with Crippen LogP contribution < -0.4 is 10.7 Å². The van der Waals surface area contributed by atoms with Crippen molar-refractivity contribution in [2.75, 3.05) is 6.61 Å². The first kappa shape index (κ1) is 24.8. The zero-order chi connectivity index (χ0) is 25.2. The van der Waals surface area contributed by atoms with E-state index in [1.165, 1.54) is 37.3 Å². The van der Waals surface area contributed by atoms with Crippen molar-refractivity contribution in [3.05, 3.63) is 81.4 Å². The molecule has 1 aromatic heterocycles. The Hall–Kier alpha value is -3.83. The van der Waals surface area contributed by atoms with Gasteiger partial charge < -0.3 is 14.6 Å². The Morgan fingerprint density at radius 3 is 2.32 bits per heavy atom. The van der Waals surface area contributed by atoms with Gasteiger partial charge in [0.2, 0.25) is 5.43 Å². The van der Waals surface area contributed by atoms with E-state index in [1.54, 1.807) is 5.32 Å². The second kappa shape index (κ2) is 9.57. The lowest BCUT2D eigenvalue weighted by Gasteiger charge is -2.24. The van der Waals surface area contributed by atoms with Crippen LogP contribution in [0, 0.1) is 17.5 Å². The number of esters is 1. The van der Waals surface area contributed by atoms with Gasteiger partial charge in [0.1, 0.15) is 11.6 Å². The Kier molecular flexibility index (Phi) is 6.99. The van der Waals surface area contributed by atoms with E-state index in [2.05, 4.69) is 4.74 Å². The van der Waals surface area contributed by atoms with Crippen molar-refractivity contribution in [1.82, 2.24) is 9.88 Å². The Morgan fingerprint density at radius 1 is 1.09 bits per heavy atom. The maximum absolute atomic E-state index is 14.6. The number of fused-ring (bicyclic) bond motifs is 1. The summed E-state index contributed by atoms with van der Waals surface area (Å²) in [5.74, 6) is -8.11. The number of alkyl halides is 3. The van der Waals surface area contributed by atoms with Crippen LogP contribution >= 0.6 is 0 Å². The van der Waals surface area contributed by atoms with E-state index in [-0.39, 0.29) is 18.2 Å². The summed E-state index contributed by atoms with van der Waals surface area (Å²) in [6.45, 7) is -0.0843. The van der Waals surface area contributed by atoms with E-state index < -0.39 is 70.0 Å². The summed E-state index contributed by atoms with van der Waals surface area (Å²) in [6, 6.07) is 4.52. The van der Waals surface area contributed by atoms with Crippen LogP contribution in [-0.4, -0.2) is 35.3 Å². The van der Waals surface area contributed by atoms with E-state index in [0.717, 1.165) is 0 Å². The first-order chi connectivity index (χ1) is 16.0. The molecule has 0 bridgehead atoms.